The SMILES string of the molecule is Cc1cc(C)cc(N(CCC#N)C(=O)CSc2nc3ccccc3c(=O)n2Cc2ccco2)c1. The Hall–Kier alpha value is -3.83. The van der Waals surface area contributed by atoms with Gasteiger partial charge in [0.25, 0.3) is 5.56 Å². The Morgan fingerprint density at radius 2 is 1.91 bits per heavy atom. The van der Waals surface area contributed by atoms with E-state index < -0.39 is 0 Å². The zero-order valence-electron chi connectivity index (χ0n) is 19.0. The summed E-state index contributed by atoms with van der Waals surface area (Å²) in [6, 6.07) is 18.8. The van der Waals surface area contributed by atoms with E-state index in [1.807, 2.05) is 38.1 Å². The molecule has 2 heterocycles. The van der Waals surface area contributed by atoms with Crippen molar-refractivity contribution in [3.05, 3.63) is 88.1 Å². The molecule has 0 aliphatic heterocycles. The van der Waals surface area contributed by atoms with Gasteiger partial charge in [0.15, 0.2) is 5.16 Å². The Morgan fingerprint density at radius 1 is 1.15 bits per heavy atom. The maximum Gasteiger partial charge on any atom is 0.262 e. The van der Waals surface area contributed by atoms with Crippen LogP contribution >= 0.6 is 11.8 Å². The number of para-hydroxylation sites is 1. The van der Waals surface area contributed by atoms with E-state index in [0.29, 0.717) is 28.4 Å². The minimum Gasteiger partial charge on any atom is -0.467 e. The summed E-state index contributed by atoms with van der Waals surface area (Å²) in [7, 11) is 0. The van der Waals surface area contributed by atoms with Crippen molar-refractivity contribution in [2.45, 2.75) is 32.0 Å². The van der Waals surface area contributed by atoms with Crippen LogP contribution in [0.1, 0.15) is 23.3 Å². The largest absolute Gasteiger partial charge is 0.467 e. The van der Waals surface area contributed by atoms with Crippen LogP contribution in [0.2, 0.25) is 0 Å². The summed E-state index contributed by atoms with van der Waals surface area (Å²) in [5.74, 6) is 0.539. The third kappa shape index (κ3) is 5.21. The zero-order valence-corrected chi connectivity index (χ0v) is 19.8. The van der Waals surface area contributed by atoms with Gasteiger partial charge in [-0.15, -0.1) is 0 Å². The fourth-order valence-electron chi connectivity index (χ4n) is 3.83. The number of carbonyl (C=O) groups is 1. The molecule has 4 aromatic rings. The maximum atomic E-state index is 13.3. The van der Waals surface area contributed by atoms with Crippen molar-refractivity contribution in [2.75, 3.05) is 17.2 Å². The fourth-order valence-corrected chi connectivity index (χ4v) is 4.70. The first-order valence-corrected chi connectivity index (χ1v) is 11.8. The van der Waals surface area contributed by atoms with Gasteiger partial charge in [-0.2, -0.15) is 5.26 Å². The molecule has 0 aliphatic carbocycles. The molecule has 2 aromatic heterocycles. The summed E-state index contributed by atoms with van der Waals surface area (Å²) in [6.07, 6.45) is 1.78. The molecule has 0 N–H and O–H groups in total. The number of carbonyl (C=O) groups excluding carboxylic acids is 1. The highest BCUT2D eigenvalue weighted by atomic mass is 32.2. The lowest BCUT2D eigenvalue weighted by atomic mass is 10.1. The van der Waals surface area contributed by atoms with Gasteiger partial charge in [0.2, 0.25) is 5.91 Å². The summed E-state index contributed by atoms with van der Waals surface area (Å²) < 4.78 is 6.98. The highest BCUT2D eigenvalue weighted by Gasteiger charge is 2.19. The van der Waals surface area contributed by atoms with Crippen molar-refractivity contribution in [1.82, 2.24) is 9.55 Å². The number of fused-ring (bicyclic) bond motifs is 1. The fraction of sp³-hybridized carbons (Fsp3) is 0.231. The third-order valence-corrected chi connectivity index (χ3v) is 6.27. The minimum atomic E-state index is -0.187. The molecular weight excluding hydrogens is 448 g/mol. The number of amides is 1. The first-order chi connectivity index (χ1) is 16.5. The van der Waals surface area contributed by atoms with Crippen molar-refractivity contribution in [2.24, 2.45) is 0 Å². The Kier molecular flexibility index (Phi) is 7.14. The molecule has 0 bridgehead atoms. The van der Waals surface area contributed by atoms with E-state index in [9.17, 15) is 9.59 Å². The van der Waals surface area contributed by atoms with Crippen LogP contribution < -0.4 is 10.5 Å². The molecule has 172 valence electrons. The second-order valence-electron chi connectivity index (χ2n) is 7.97. The van der Waals surface area contributed by atoms with Gasteiger partial charge < -0.3 is 9.32 Å². The number of hydrogen-bond acceptors (Lipinski definition) is 6. The Balaban J connectivity index is 1.65. The molecule has 0 saturated carbocycles. The highest BCUT2D eigenvalue weighted by Crippen LogP contribution is 2.23. The van der Waals surface area contributed by atoms with Crippen molar-refractivity contribution in [3.63, 3.8) is 0 Å². The predicted molar refractivity (Wildman–Crippen MR) is 133 cm³/mol. The van der Waals surface area contributed by atoms with Crippen LogP contribution in [0.5, 0.6) is 0 Å². The summed E-state index contributed by atoms with van der Waals surface area (Å²) in [6.45, 7) is 4.47. The van der Waals surface area contributed by atoms with Crippen molar-refractivity contribution < 1.29 is 9.21 Å². The van der Waals surface area contributed by atoms with E-state index in [4.69, 9.17) is 9.68 Å². The maximum absolute atomic E-state index is 13.3. The molecule has 2 aromatic carbocycles. The van der Waals surface area contributed by atoms with E-state index >= 15 is 0 Å². The van der Waals surface area contributed by atoms with Crippen LogP contribution in [-0.4, -0.2) is 27.8 Å². The quantitative estimate of drug-likeness (QED) is 0.273. The lowest BCUT2D eigenvalue weighted by Crippen LogP contribution is -2.34. The van der Waals surface area contributed by atoms with Gasteiger partial charge in [-0.3, -0.25) is 14.2 Å². The lowest BCUT2D eigenvalue weighted by molar-refractivity contribution is -0.116. The van der Waals surface area contributed by atoms with Crippen molar-refractivity contribution in [1.29, 1.82) is 5.26 Å². The average Bonchev–Trinajstić information content (AvgIpc) is 3.33. The summed E-state index contributed by atoms with van der Waals surface area (Å²) in [5.41, 5.74) is 3.24. The van der Waals surface area contributed by atoms with Crippen LogP contribution in [0.15, 0.2) is 75.2 Å². The molecule has 1 amide bonds. The van der Waals surface area contributed by atoms with Crippen molar-refractivity contribution >= 4 is 34.3 Å². The number of nitriles is 1. The molecule has 0 aliphatic rings. The monoisotopic (exact) mass is 472 g/mol. The molecule has 7 nitrogen and oxygen atoms in total. The van der Waals surface area contributed by atoms with Gasteiger partial charge in [-0.1, -0.05) is 30.0 Å². The van der Waals surface area contributed by atoms with Crippen LogP contribution in [-0.2, 0) is 11.3 Å². The number of aromatic nitrogens is 2. The minimum absolute atomic E-state index is 0.0708. The molecule has 0 fully saturated rings. The molecule has 0 atom stereocenters. The number of nitrogens with zero attached hydrogens (tertiary/aromatic N) is 4. The lowest BCUT2D eigenvalue weighted by Gasteiger charge is -2.23. The van der Waals surface area contributed by atoms with E-state index in [1.54, 1.807) is 41.5 Å². The summed E-state index contributed by atoms with van der Waals surface area (Å²) in [5, 5.41) is 10.0. The molecule has 4 rings (SSSR count). The average molecular weight is 473 g/mol. The van der Waals surface area contributed by atoms with Crippen LogP contribution in [0.3, 0.4) is 0 Å². The summed E-state index contributed by atoms with van der Waals surface area (Å²) in [4.78, 5) is 32.8. The Labute approximate surface area is 201 Å². The summed E-state index contributed by atoms with van der Waals surface area (Å²) >= 11 is 1.21. The molecule has 0 saturated heterocycles. The smallest absolute Gasteiger partial charge is 0.262 e. The normalized spacial score (nSPS) is 10.9. The number of furan rings is 1. The Morgan fingerprint density at radius 3 is 2.62 bits per heavy atom. The molecule has 34 heavy (non-hydrogen) atoms. The number of hydrogen-bond donors (Lipinski definition) is 0. The molecule has 0 unspecified atom stereocenters. The first-order valence-electron chi connectivity index (χ1n) is 10.9. The van der Waals surface area contributed by atoms with Gasteiger partial charge in [-0.25, -0.2) is 4.98 Å². The zero-order chi connectivity index (χ0) is 24.1. The van der Waals surface area contributed by atoms with Gasteiger partial charge >= 0.3 is 0 Å². The van der Waals surface area contributed by atoms with E-state index in [0.717, 1.165) is 16.8 Å². The number of thioether (sulfide) groups is 1. The predicted octanol–water partition coefficient (Wildman–Crippen LogP) is 4.69. The number of aryl methyl sites for hydroxylation is 2. The third-order valence-electron chi connectivity index (χ3n) is 5.31. The molecule has 0 spiro atoms. The van der Waals surface area contributed by atoms with E-state index in [1.165, 1.54) is 16.3 Å². The standard InChI is InChI=1S/C26H24N4O3S/c1-18-13-19(2)15-20(14-18)29(11-6-10-27)24(31)17-34-26-28-23-9-4-3-8-22(23)25(32)30(26)16-21-7-5-12-33-21/h3-5,7-9,12-15H,6,11,16-17H2,1-2H3. The topological polar surface area (TPSA) is 92.1 Å². The highest BCUT2D eigenvalue weighted by molar-refractivity contribution is 7.99. The van der Waals surface area contributed by atoms with Crippen LogP contribution in [0, 0.1) is 25.2 Å². The molecular formula is C26H24N4O3S. The van der Waals surface area contributed by atoms with E-state index in [2.05, 4.69) is 11.1 Å². The van der Waals surface area contributed by atoms with Gasteiger partial charge in [0.1, 0.15) is 5.76 Å². The van der Waals surface area contributed by atoms with E-state index in [-0.39, 0.29) is 30.2 Å². The number of benzene rings is 2. The van der Waals surface area contributed by atoms with Crippen LogP contribution in [0.25, 0.3) is 10.9 Å². The second-order valence-corrected chi connectivity index (χ2v) is 8.91. The van der Waals surface area contributed by atoms with Gasteiger partial charge in [0.05, 0.1) is 42.0 Å². The van der Waals surface area contributed by atoms with Gasteiger partial charge in [-0.05, 0) is 61.4 Å². The Bertz CT molecular complexity index is 1400. The first kappa shape index (κ1) is 23.3. The van der Waals surface area contributed by atoms with Gasteiger partial charge in [0, 0.05) is 12.2 Å². The number of anilines is 1. The number of rotatable bonds is 8. The van der Waals surface area contributed by atoms with Crippen LogP contribution in [0.4, 0.5) is 5.69 Å². The molecule has 0 radical (unpaired) electrons. The van der Waals surface area contributed by atoms with Crippen molar-refractivity contribution in [3.8, 4) is 6.07 Å². The second kappa shape index (κ2) is 10.4. The molecule has 8 heteroatoms.